The lowest BCUT2D eigenvalue weighted by atomic mass is 10.1. The quantitative estimate of drug-likeness (QED) is 0.738. The molecule has 0 spiro atoms. The Bertz CT molecular complexity index is 620. The number of unbranched alkanes of at least 4 members (excludes halogenated alkanes) is 1. The fraction of sp³-hybridized carbons (Fsp3) is 0.474. The number of piperidine rings is 1. The zero-order valence-electron chi connectivity index (χ0n) is 14.5. The van der Waals surface area contributed by atoms with Crippen molar-refractivity contribution in [3.05, 3.63) is 36.5 Å². The lowest BCUT2D eigenvalue weighted by Crippen LogP contribution is -2.29. The van der Waals surface area contributed by atoms with Gasteiger partial charge in [0.2, 0.25) is 5.95 Å². The molecule has 2 aromatic rings. The third-order valence-electron chi connectivity index (χ3n) is 4.34. The van der Waals surface area contributed by atoms with Gasteiger partial charge in [0.1, 0.15) is 5.82 Å². The van der Waals surface area contributed by atoms with Crippen LogP contribution in [0.15, 0.2) is 36.5 Å². The monoisotopic (exact) mass is 325 g/mol. The van der Waals surface area contributed by atoms with Crippen molar-refractivity contribution < 1.29 is 0 Å². The number of nitrogens with one attached hydrogen (secondary N) is 2. The molecule has 2 heterocycles. The lowest BCUT2D eigenvalue weighted by Gasteiger charge is -2.28. The number of hydrogen-bond acceptors (Lipinski definition) is 5. The molecule has 0 radical (unpaired) electrons. The molecule has 5 nitrogen and oxygen atoms in total. The van der Waals surface area contributed by atoms with Gasteiger partial charge in [-0.25, -0.2) is 4.98 Å². The standard InChI is InChI=1S/C19H27N5/c1-2-3-12-20-18-11-13-21-19(23-18)22-16-7-9-17(10-8-16)24-14-5-4-6-15-24/h7-11,13H,2-6,12,14-15H2,1H3,(H2,20,21,22,23). The largest absolute Gasteiger partial charge is 0.372 e. The van der Waals surface area contributed by atoms with Gasteiger partial charge in [-0.1, -0.05) is 13.3 Å². The van der Waals surface area contributed by atoms with Crippen LogP contribution < -0.4 is 15.5 Å². The van der Waals surface area contributed by atoms with E-state index in [1.54, 1.807) is 6.20 Å². The Labute approximate surface area is 144 Å². The van der Waals surface area contributed by atoms with Crippen molar-refractivity contribution in [3.8, 4) is 0 Å². The van der Waals surface area contributed by atoms with Crippen LogP contribution in [0, 0.1) is 0 Å². The van der Waals surface area contributed by atoms with Crippen molar-refractivity contribution in [2.75, 3.05) is 35.2 Å². The minimum absolute atomic E-state index is 0.627. The molecule has 0 aliphatic carbocycles. The Morgan fingerprint density at radius 2 is 1.83 bits per heavy atom. The molecule has 1 aromatic heterocycles. The average molecular weight is 325 g/mol. The molecule has 128 valence electrons. The molecule has 0 saturated carbocycles. The molecule has 0 amide bonds. The molecular formula is C19H27N5. The Morgan fingerprint density at radius 3 is 2.58 bits per heavy atom. The summed E-state index contributed by atoms with van der Waals surface area (Å²) in [6, 6.07) is 10.5. The molecule has 5 heteroatoms. The second-order valence-electron chi connectivity index (χ2n) is 6.27. The van der Waals surface area contributed by atoms with E-state index in [-0.39, 0.29) is 0 Å². The molecule has 0 bridgehead atoms. The van der Waals surface area contributed by atoms with Gasteiger partial charge >= 0.3 is 0 Å². The maximum atomic E-state index is 4.51. The van der Waals surface area contributed by atoms with E-state index in [1.807, 2.05) is 6.07 Å². The third kappa shape index (κ3) is 4.60. The van der Waals surface area contributed by atoms with E-state index in [0.29, 0.717) is 5.95 Å². The van der Waals surface area contributed by atoms with Crippen LogP contribution in [0.2, 0.25) is 0 Å². The highest BCUT2D eigenvalue weighted by Crippen LogP contribution is 2.23. The zero-order valence-corrected chi connectivity index (χ0v) is 14.5. The maximum absolute atomic E-state index is 4.51. The van der Waals surface area contributed by atoms with Crippen LogP contribution in [-0.4, -0.2) is 29.6 Å². The summed E-state index contributed by atoms with van der Waals surface area (Å²) in [4.78, 5) is 11.3. The normalized spacial score (nSPS) is 14.5. The SMILES string of the molecule is CCCCNc1ccnc(Nc2ccc(N3CCCCC3)cc2)n1. The molecule has 2 N–H and O–H groups in total. The summed E-state index contributed by atoms with van der Waals surface area (Å²) in [5.41, 5.74) is 2.32. The van der Waals surface area contributed by atoms with E-state index in [2.05, 4.69) is 56.7 Å². The van der Waals surface area contributed by atoms with Crippen molar-refractivity contribution >= 4 is 23.1 Å². The summed E-state index contributed by atoms with van der Waals surface area (Å²) in [7, 11) is 0. The molecular weight excluding hydrogens is 298 g/mol. The first-order valence-electron chi connectivity index (χ1n) is 9.04. The van der Waals surface area contributed by atoms with Gasteiger partial charge in [0, 0.05) is 37.2 Å². The first kappa shape index (κ1) is 16.6. The molecule has 0 unspecified atom stereocenters. The van der Waals surface area contributed by atoms with Crippen molar-refractivity contribution in [3.63, 3.8) is 0 Å². The van der Waals surface area contributed by atoms with Crippen molar-refractivity contribution in [2.24, 2.45) is 0 Å². The molecule has 1 aromatic carbocycles. The Morgan fingerprint density at radius 1 is 1.04 bits per heavy atom. The number of benzene rings is 1. The van der Waals surface area contributed by atoms with E-state index >= 15 is 0 Å². The van der Waals surface area contributed by atoms with Crippen molar-refractivity contribution in [1.82, 2.24) is 9.97 Å². The molecule has 24 heavy (non-hydrogen) atoms. The highest BCUT2D eigenvalue weighted by Gasteiger charge is 2.10. The molecule has 1 aliphatic rings. The summed E-state index contributed by atoms with van der Waals surface area (Å²) in [5.74, 6) is 1.49. The summed E-state index contributed by atoms with van der Waals surface area (Å²) < 4.78 is 0. The summed E-state index contributed by atoms with van der Waals surface area (Å²) in [6.45, 7) is 5.46. The third-order valence-corrected chi connectivity index (χ3v) is 4.34. The minimum Gasteiger partial charge on any atom is -0.372 e. The highest BCUT2D eigenvalue weighted by atomic mass is 15.1. The lowest BCUT2D eigenvalue weighted by molar-refractivity contribution is 0.578. The predicted octanol–water partition coefficient (Wildman–Crippen LogP) is 4.42. The zero-order chi connectivity index (χ0) is 16.6. The van der Waals surface area contributed by atoms with Gasteiger partial charge in [0.05, 0.1) is 0 Å². The summed E-state index contributed by atoms with van der Waals surface area (Å²) >= 11 is 0. The topological polar surface area (TPSA) is 53.1 Å². The maximum Gasteiger partial charge on any atom is 0.229 e. The van der Waals surface area contributed by atoms with E-state index in [9.17, 15) is 0 Å². The number of aromatic nitrogens is 2. The smallest absolute Gasteiger partial charge is 0.229 e. The van der Waals surface area contributed by atoms with Crippen LogP contribution in [0.5, 0.6) is 0 Å². The van der Waals surface area contributed by atoms with Crippen LogP contribution in [-0.2, 0) is 0 Å². The van der Waals surface area contributed by atoms with Crippen LogP contribution >= 0.6 is 0 Å². The van der Waals surface area contributed by atoms with Crippen LogP contribution in [0.3, 0.4) is 0 Å². The minimum atomic E-state index is 0.627. The van der Waals surface area contributed by atoms with Gasteiger partial charge in [-0.05, 0) is 56.0 Å². The van der Waals surface area contributed by atoms with Gasteiger partial charge in [-0.3, -0.25) is 0 Å². The summed E-state index contributed by atoms with van der Waals surface area (Å²) in [5, 5.41) is 6.61. The molecule has 0 atom stereocenters. The van der Waals surface area contributed by atoms with Gasteiger partial charge in [-0.2, -0.15) is 4.98 Å². The van der Waals surface area contributed by atoms with E-state index < -0.39 is 0 Å². The van der Waals surface area contributed by atoms with Crippen molar-refractivity contribution in [2.45, 2.75) is 39.0 Å². The van der Waals surface area contributed by atoms with Crippen LogP contribution in [0.1, 0.15) is 39.0 Å². The number of hydrogen-bond donors (Lipinski definition) is 2. The first-order chi connectivity index (χ1) is 11.8. The fourth-order valence-corrected chi connectivity index (χ4v) is 2.95. The molecule has 1 saturated heterocycles. The van der Waals surface area contributed by atoms with Gasteiger partial charge in [0.15, 0.2) is 0 Å². The van der Waals surface area contributed by atoms with Crippen LogP contribution in [0.25, 0.3) is 0 Å². The predicted molar refractivity (Wildman–Crippen MR) is 101 cm³/mol. The van der Waals surface area contributed by atoms with Crippen molar-refractivity contribution in [1.29, 1.82) is 0 Å². The summed E-state index contributed by atoms with van der Waals surface area (Å²) in [6.07, 6.45) is 8.05. The number of rotatable bonds is 7. The number of anilines is 4. The van der Waals surface area contributed by atoms with E-state index in [1.165, 1.54) is 44.5 Å². The van der Waals surface area contributed by atoms with E-state index in [0.717, 1.165) is 24.5 Å². The fourth-order valence-electron chi connectivity index (χ4n) is 2.95. The van der Waals surface area contributed by atoms with E-state index in [4.69, 9.17) is 0 Å². The second kappa shape index (κ2) is 8.52. The average Bonchev–Trinajstić information content (AvgIpc) is 2.64. The van der Waals surface area contributed by atoms with Gasteiger partial charge in [0.25, 0.3) is 0 Å². The molecule has 1 aliphatic heterocycles. The Balaban J connectivity index is 1.60. The molecule has 3 rings (SSSR count). The highest BCUT2D eigenvalue weighted by molar-refractivity contribution is 5.60. The number of nitrogens with zero attached hydrogens (tertiary/aromatic N) is 3. The van der Waals surface area contributed by atoms with Gasteiger partial charge in [-0.15, -0.1) is 0 Å². The van der Waals surface area contributed by atoms with Gasteiger partial charge < -0.3 is 15.5 Å². The Hall–Kier alpha value is -2.30. The first-order valence-corrected chi connectivity index (χ1v) is 9.04. The second-order valence-corrected chi connectivity index (χ2v) is 6.27. The Kier molecular flexibility index (Phi) is 5.88. The van der Waals surface area contributed by atoms with Crippen LogP contribution in [0.4, 0.5) is 23.1 Å². The molecule has 1 fully saturated rings.